The van der Waals surface area contributed by atoms with Crippen molar-refractivity contribution < 1.29 is 8.42 Å². The highest BCUT2D eigenvalue weighted by Crippen LogP contribution is 2.20. The number of sulfonamides is 1. The lowest BCUT2D eigenvalue weighted by Gasteiger charge is -2.22. The minimum absolute atomic E-state index is 0. The molecule has 1 aromatic rings. The summed E-state index contributed by atoms with van der Waals surface area (Å²) in [5.41, 5.74) is 0. The van der Waals surface area contributed by atoms with E-state index in [4.69, 9.17) is 0 Å². The van der Waals surface area contributed by atoms with Gasteiger partial charge < -0.3 is 5.32 Å². The highest BCUT2D eigenvalue weighted by molar-refractivity contribution is 7.91. The normalized spacial score (nSPS) is 20.4. The molecule has 1 fully saturated rings. The monoisotopic (exact) mass is 310 g/mol. The van der Waals surface area contributed by atoms with Crippen molar-refractivity contribution in [1.82, 2.24) is 10.0 Å². The number of hydrogen-bond donors (Lipinski definition) is 2. The van der Waals surface area contributed by atoms with Gasteiger partial charge in [-0.25, -0.2) is 13.1 Å². The van der Waals surface area contributed by atoms with E-state index < -0.39 is 10.0 Å². The second-order valence-corrected chi connectivity index (χ2v) is 7.71. The summed E-state index contributed by atoms with van der Waals surface area (Å²) in [5.74, 6) is 0.416. The van der Waals surface area contributed by atoms with Crippen LogP contribution in [0.2, 0.25) is 0 Å². The molecule has 2 heterocycles. The van der Waals surface area contributed by atoms with Crippen LogP contribution in [0, 0.1) is 12.8 Å². The first-order chi connectivity index (χ1) is 8.08. The summed E-state index contributed by atoms with van der Waals surface area (Å²) < 4.78 is 27.1. The van der Waals surface area contributed by atoms with Crippen molar-refractivity contribution in [3.63, 3.8) is 0 Å². The van der Waals surface area contributed by atoms with Crippen molar-refractivity contribution >= 4 is 33.8 Å². The van der Waals surface area contributed by atoms with Crippen LogP contribution in [0.15, 0.2) is 16.3 Å². The van der Waals surface area contributed by atoms with E-state index in [0.717, 1.165) is 30.8 Å². The van der Waals surface area contributed by atoms with Crippen molar-refractivity contribution in [2.75, 3.05) is 19.6 Å². The van der Waals surface area contributed by atoms with E-state index in [1.54, 1.807) is 6.07 Å². The smallest absolute Gasteiger partial charge is 0.250 e. The molecule has 1 saturated heterocycles. The Kier molecular flexibility index (Phi) is 6.07. The zero-order valence-corrected chi connectivity index (χ0v) is 12.8. The summed E-state index contributed by atoms with van der Waals surface area (Å²) in [6.07, 6.45) is 2.23. The largest absolute Gasteiger partial charge is 0.316 e. The Labute approximate surface area is 119 Å². The lowest BCUT2D eigenvalue weighted by atomic mass is 10.0. The molecule has 2 rings (SSSR count). The Morgan fingerprint density at radius 2 is 2.28 bits per heavy atom. The Balaban J connectivity index is 0.00000162. The molecule has 0 radical (unpaired) electrons. The second kappa shape index (κ2) is 6.86. The maximum absolute atomic E-state index is 12.0. The molecule has 0 aliphatic carbocycles. The molecular formula is C11H19ClN2O2S2. The number of hydrogen-bond acceptors (Lipinski definition) is 4. The average Bonchev–Trinajstić information content (AvgIpc) is 2.76. The van der Waals surface area contributed by atoms with Crippen LogP contribution >= 0.6 is 23.7 Å². The van der Waals surface area contributed by atoms with Crippen LogP contribution in [0.5, 0.6) is 0 Å². The molecule has 104 valence electrons. The van der Waals surface area contributed by atoms with Crippen LogP contribution in [0.3, 0.4) is 0 Å². The van der Waals surface area contributed by atoms with E-state index in [0.29, 0.717) is 16.7 Å². The maximum Gasteiger partial charge on any atom is 0.250 e. The summed E-state index contributed by atoms with van der Waals surface area (Å²) in [4.78, 5) is 1.02. The fourth-order valence-corrected chi connectivity index (χ4v) is 4.40. The van der Waals surface area contributed by atoms with Gasteiger partial charge in [0.2, 0.25) is 10.0 Å². The van der Waals surface area contributed by atoms with E-state index in [1.807, 2.05) is 13.0 Å². The van der Waals surface area contributed by atoms with Crippen LogP contribution in [-0.4, -0.2) is 28.1 Å². The van der Waals surface area contributed by atoms with Gasteiger partial charge in [-0.1, -0.05) is 0 Å². The molecule has 0 amide bonds. The third kappa shape index (κ3) is 4.20. The van der Waals surface area contributed by atoms with Crippen LogP contribution in [0.25, 0.3) is 0 Å². The van der Waals surface area contributed by atoms with E-state index in [2.05, 4.69) is 10.0 Å². The lowest BCUT2D eigenvalue weighted by molar-refractivity contribution is 0.376. The van der Waals surface area contributed by atoms with Gasteiger partial charge in [-0.3, -0.25) is 0 Å². The first-order valence-corrected chi connectivity index (χ1v) is 8.15. The SMILES string of the molecule is Cc1ccc(S(=O)(=O)NCC2CCCNC2)s1.Cl. The van der Waals surface area contributed by atoms with Gasteiger partial charge >= 0.3 is 0 Å². The lowest BCUT2D eigenvalue weighted by Crippen LogP contribution is -2.37. The quantitative estimate of drug-likeness (QED) is 0.891. The number of halogens is 1. The molecule has 1 aliphatic heterocycles. The van der Waals surface area contributed by atoms with Crippen molar-refractivity contribution in [1.29, 1.82) is 0 Å². The summed E-state index contributed by atoms with van der Waals surface area (Å²) in [6.45, 7) is 4.40. The van der Waals surface area contributed by atoms with E-state index in [-0.39, 0.29) is 12.4 Å². The fourth-order valence-electron chi connectivity index (χ4n) is 1.95. The molecule has 7 heteroatoms. The summed E-state index contributed by atoms with van der Waals surface area (Å²) in [7, 11) is -3.30. The Bertz CT molecular complexity index is 467. The maximum atomic E-state index is 12.0. The van der Waals surface area contributed by atoms with E-state index in [9.17, 15) is 8.42 Å². The first kappa shape index (κ1) is 15.9. The molecule has 0 saturated carbocycles. The van der Waals surface area contributed by atoms with Crippen LogP contribution in [0.1, 0.15) is 17.7 Å². The molecule has 1 unspecified atom stereocenters. The van der Waals surface area contributed by atoms with Crippen LogP contribution in [-0.2, 0) is 10.0 Å². The predicted octanol–water partition coefficient (Wildman–Crippen LogP) is 1.76. The Hall–Kier alpha value is -0.140. The van der Waals surface area contributed by atoms with Crippen molar-refractivity contribution in [3.8, 4) is 0 Å². The van der Waals surface area contributed by atoms with Gasteiger partial charge in [0, 0.05) is 11.4 Å². The standard InChI is InChI=1S/C11H18N2O2S2.ClH/c1-9-4-5-11(16-9)17(14,15)13-8-10-3-2-6-12-7-10;/h4-5,10,12-13H,2-3,6-8H2,1H3;1H. The van der Waals surface area contributed by atoms with Gasteiger partial charge in [0.25, 0.3) is 0 Å². The minimum Gasteiger partial charge on any atom is -0.316 e. The molecule has 2 N–H and O–H groups in total. The van der Waals surface area contributed by atoms with Gasteiger partial charge in [0.15, 0.2) is 0 Å². The van der Waals surface area contributed by atoms with E-state index in [1.165, 1.54) is 11.3 Å². The molecule has 1 atom stereocenters. The molecule has 0 spiro atoms. The summed E-state index contributed by atoms with van der Waals surface area (Å²) >= 11 is 1.32. The molecule has 18 heavy (non-hydrogen) atoms. The molecule has 0 bridgehead atoms. The Morgan fingerprint density at radius 1 is 1.50 bits per heavy atom. The molecule has 1 aromatic heterocycles. The number of nitrogens with one attached hydrogen (secondary N) is 2. The van der Waals surface area contributed by atoms with Gasteiger partial charge in [-0.05, 0) is 50.9 Å². The zero-order chi connectivity index (χ0) is 12.3. The van der Waals surface area contributed by atoms with Crippen molar-refractivity contribution in [3.05, 3.63) is 17.0 Å². The molecular weight excluding hydrogens is 292 g/mol. The number of rotatable bonds is 4. The highest BCUT2D eigenvalue weighted by Gasteiger charge is 2.19. The predicted molar refractivity (Wildman–Crippen MR) is 77.1 cm³/mol. The van der Waals surface area contributed by atoms with Crippen LogP contribution < -0.4 is 10.0 Å². The topological polar surface area (TPSA) is 58.2 Å². The zero-order valence-electron chi connectivity index (χ0n) is 10.3. The fraction of sp³-hybridized carbons (Fsp3) is 0.636. The first-order valence-electron chi connectivity index (χ1n) is 5.85. The molecule has 4 nitrogen and oxygen atoms in total. The van der Waals surface area contributed by atoms with Gasteiger partial charge in [0.1, 0.15) is 4.21 Å². The minimum atomic E-state index is -3.30. The van der Waals surface area contributed by atoms with Crippen LogP contribution in [0.4, 0.5) is 0 Å². The Morgan fingerprint density at radius 3 is 2.83 bits per heavy atom. The van der Waals surface area contributed by atoms with Gasteiger partial charge in [-0.15, -0.1) is 23.7 Å². The number of aryl methyl sites for hydroxylation is 1. The number of piperidine rings is 1. The molecule has 1 aliphatic rings. The summed E-state index contributed by atoms with van der Waals surface area (Å²) in [5, 5.41) is 3.28. The van der Waals surface area contributed by atoms with E-state index >= 15 is 0 Å². The third-order valence-electron chi connectivity index (χ3n) is 2.94. The van der Waals surface area contributed by atoms with Gasteiger partial charge in [0.05, 0.1) is 0 Å². The highest BCUT2D eigenvalue weighted by atomic mass is 35.5. The summed E-state index contributed by atoms with van der Waals surface area (Å²) in [6, 6.07) is 3.50. The molecule has 0 aromatic carbocycles. The third-order valence-corrected chi connectivity index (χ3v) is 5.86. The second-order valence-electron chi connectivity index (χ2n) is 4.43. The number of thiophene rings is 1. The van der Waals surface area contributed by atoms with Gasteiger partial charge in [-0.2, -0.15) is 0 Å². The average molecular weight is 311 g/mol. The van der Waals surface area contributed by atoms with Crippen molar-refractivity contribution in [2.45, 2.75) is 24.0 Å². The van der Waals surface area contributed by atoms with Crippen molar-refractivity contribution in [2.24, 2.45) is 5.92 Å².